The van der Waals surface area contributed by atoms with Crippen molar-refractivity contribution in [3.63, 3.8) is 0 Å². The van der Waals surface area contributed by atoms with Crippen molar-refractivity contribution >= 4 is 50.8 Å². The average Bonchev–Trinajstić information content (AvgIpc) is 2.96. The second kappa shape index (κ2) is 9.61. The van der Waals surface area contributed by atoms with Crippen molar-refractivity contribution in [2.24, 2.45) is 0 Å². The fraction of sp³-hybridized carbons (Fsp3) is 0.471. The number of halogens is 1. The van der Waals surface area contributed by atoms with Crippen molar-refractivity contribution in [1.82, 2.24) is 14.5 Å². The lowest BCUT2D eigenvalue weighted by molar-refractivity contribution is -0.144. The third-order valence-corrected chi connectivity index (χ3v) is 6.26. The number of thiazole rings is 1. The summed E-state index contributed by atoms with van der Waals surface area (Å²) >= 11 is 5.90. The first-order valence-electron chi connectivity index (χ1n) is 8.24. The Morgan fingerprint density at radius 1 is 1.30 bits per heavy atom. The molecule has 7 nitrogen and oxygen atoms in total. The molecule has 0 aliphatic rings. The van der Waals surface area contributed by atoms with Crippen LogP contribution in [0.1, 0.15) is 39.4 Å². The SMILES string of the molecule is CCOC(=O)Cn1c(SC)nc(CCC(=O)c2sc(C)nc2C)c(Br)c1=O. The van der Waals surface area contributed by atoms with E-state index in [-0.39, 0.29) is 35.4 Å². The molecule has 146 valence electrons. The molecule has 0 unspecified atom stereocenters. The zero-order valence-electron chi connectivity index (χ0n) is 15.5. The molecule has 0 N–H and O–H groups in total. The Morgan fingerprint density at radius 2 is 2.00 bits per heavy atom. The Bertz CT molecular complexity index is 924. The van der Waals surface area contributed by atoms with Crippen molar-refractivity contribution in [1.29, 1.82) is 0 Å². The number of esters is 1. The third kappa shape index (κ3) is 5.26. The predicted octanol–water partition coefficient (Wildman–Crippen LogP) is 3.18. The summed E-state index contributed by atoms with van der Waals surface area (Å²) in [5, 5.41) is 1.25. The number of aromatic nitrogens is 3. The van der Waals surface area contributed by atoms with Crippen LogP contribution in [0.4, 0.5) is 0 Å². The van der Waals surface area contributed by atoms with Crippen LogP contribution >= 0.6 is 39.0 Å². The van der Waals surface area contributed by atoms with E-state index in [1.807, 2.05) is 13.8 Å². The summed E-state index contributed by atoms with van der Waals surface area (Å²) in [4.78, 5) is 46.2. The van der Waals surface area contributed by atoms with Crippen molar-refractivity contribution in [3.05, 3.63) is 36.1 Å². The maximum Gasteiger partial charge on any atom is 0.326 e. The summed E-state index contributed by atoms with van der Waals surface area (Å²) in [7, 11) is 0. The van der Waals surface area contributed by atoms with Crippen LogP contribution in [0, 0.1) is 13.8 Å². The Balaban J connectivity index is 2.24. The minimum atomic E-state index is -0.498. The second-order valence-corrected chi connectivity index (χ2v) is 8.40. The summed E-state index contributed by atoms with van der Waals surface area (Å²) in [6.07, 6.45) is 2.32. The largest absolute Gasteiger partial charge is 0.465 e. The van der Waals surface area contributed by atoms with Crippen LogP contribution in [0.5, 0.6) is 0 Å². The number of hydrogen-bond donors (Lipinski definition) is 0. The molecule has 0 aromatic carbocycles. The topological polar surface area (TPSA) is 91.2 Å². The van der Waals surface area contributed by atoms with E-state index in [1.165, 1.54) is 27.7 Å². The Hall–Kier alpha value is -1.52. The predicted molar refractivity (Wildman–Crippen MR) is 109 cm³/mol. The van der Waals surface area contributed by atoms with Gasteiger partial charge in [0.05, 0.1) is 27.9 Å². The first kappa shape index (κ1) is 21.8. The molecule has 10 heteroatoms. The number of carbonyl (C=O) groups is 2. The number of Topliss-reactive ketones (excluding diaryl/α,β-unsaturated/α-hetero) is 1. The molecule has 0 spiro atoms. The molecule has 0 saturated carbocycles. The van der Waals surface area contributed by atoms with E-state index in [2.05, 4.69) is 25.9 Å². The summed E-state index contributed by atoms with van der Waals surface area (Å²) in [5.74, 6) is -0.518. The van der Waals surface area contributed by atoms with E-state index < -0.39 is 5.97 Å². The van der Waals surface area contributed by atoms with Gasteiger partial charge < -0.3 is 4.74 Å². The Kier molecular flexibility index (Phi) is 7.75. The van der Waals surface area contributed by atoms with Gasteiger partial charge in [0.2, 0.25) is 0 Å². The lowest BCUT2D eigenvalue weighted by atomic mass is 10.1. The number of rotatable bonds is 8. The molecular formula is C17H20BrN3O4S2. The van der Waals surface area contributed by atoms with E-state index in [9.17, 15) is 14.4 Å². The molecule has 0 aliphatic carbocycles. The summed E-state index contributed by atoms with van der Waals surface area (Å²) in [6.45, 7) is 5.42. The van der Waals surface area contributed by atoms with Crippen LogP contribution in [0.25, 0.3) is 0 Å². The van der Waals surface area contributed by atoms with E-state index in [0.717, 1.165) is 10.7 Å². The van der Waals surface area contributed by atoms with Gasteiger partial charge in [0, 0.05) is 6.42 Å². The van der Waals surface area contributed by atoms with Gasteiger partial charge in [-0.25, -0.2) is 9.97 Å². The van der Waals surface area contributed by atoms with Gasteiger partial charge in [0.1, 0.15) is 11.0 Å². The molecule has 2 aromatic heterocycles. The molecule has 2 aromatic rings. The Morgan fingerprint density at radius 3 is 2.56 bits per heavy atom. The zero-order chi connectivity index (χ0) is 20.1. The molecular weight excluding hydrogens is 454 g/mol. The molecule has 0 saturated heterocycles. The highest BCUT2D eigenvalue weighted by atomic mass is 79.9. The van der Waals surface area contributed by atoms with Gasteiger partial charge in [-0.15, -0.1) is 11.3 Å². The summed E-state index contributed by atoms with van der Waals surface area (Å²) < 4.78 is 6.44. The minimum Gasteiger partial charge on any atom is -0.465 e. The standard InChI is InChI=1S/C17H20BrN3O4S2/c1-5-25-13(23)8-21-16(24)14(18)11(20-17(21)26-4)6-7-12(22)15-9(2)19-10(3)27-15/h5-8H2,1-4H3. The van der Waals surface area contributed by atoms with E-state index in [1.54, 1.807) is 13.2 Å². The maximum absolute atomic E-state index is 12.6. The highest BCUT2D eigenvalue weighted by Crippen LogP contribution is 2.22. The number of hydrogen-bond acceptors (Lipinski definition) is 8. The fourth-order valence-corrected chi connectivity index (χ4v) is 4.44. The van der Waals surface area contributed by atoms with Gasteiger partial charge in [0.25, 0.3) is 5.56 Å². The first-order valence-corrected chi connectivity index (χ1v) is 11.1. The molecule has 0 fully saturated rings. The quantitative estimate of drug-likeness (QED) is 0.251. The van der Waals surface area contributed by atoms with E-state index >= 15 is 0 Å². The normalized spacial score (nSPS) is 10.9. The average molecular weight is 474 g/mol. The van der Waals surface area contributed by atoms with Gasteiger partial charge >= 0.3 is 5.97 Å². The van der Waals surface area contributed by atoms with Crippen LogP contribution in [0.15, 0.2) is 14.4 Å². The minimum absolute atomic E-state index is 0.0202. The van der Waals surface area contributed by atoms with Gasteiger partial charge in [-0.2, -0.15) is 0 Å². The van der Waals surface area contributed by atoms with Crippen LogP contribution in [-0.2, 0) is 22.5 Å². The number of nitrogens with zero attached hydrogens (tertiary/aromatic N) is 3. The lowest BCUT2D eigenvalue weighted by Crippen LogP contribution is -2.29. The fourth-order valence-electron chi connectivity index (χ4n) is 2.49. The number of ketones is 1. The smallest absolute Gasteiger partial charge is 0.326 e. The Labute approximate surface area is 173 Å². The second-order valence-electron chi connectivity index (χ2n) is 5.63. The van der Waals surface area contributed by atoms with Crippen LogP contribution in [0.2, 0.25) is 0 Å². The number of thioether (sulfide) groups is 1. The molecule has 0 amide bonds. The van der Waals surface area contributed by atoms with Gasteiger partial charge in [0.15, 0.2) is 10.9 Å². The highest BCUT2D eigenvalue weighted by Gasteiger charge is 2.19. The summed E-state index contributed by atoms with van der Waals surface area (Å²) in [5.41, 5.74) is 0.857. The lowest BCUT2D eigenvalue weighted by Gasteiger charge is -2.13. The van der Waals surface area contributed by atoms with E-state index in [0.29, 0.717) is 22.1 Å². The molecule has 2 rings (SSSR count). The molecule has 0 atom stereocenters. The maximum atomic E-state index is 12.6. The molecule has 0 bridgehead atoms. The monoisotopic (exact) mass is 473 g/mol. The molecule has 27 heavy (non-hydrogen) atoms. The first-order chi connectivity index (χ1) is 12.8. The van der Waals surface area contributed by atoms with Crippen LogP contribution < -0.4 is 5.56 Å². The zero-order valence-corrected chi connectivity index (χ0v) is 18.7. The van der Waals surface area contributed by atoms with Gasteiger partial charge in [-0.3, -0.25) is 19.0 Å². The summed E-state index contributed by atoms with van der Waals surface area (Å²) in [6, 6.07) is 0. The molecule has 0 aliphatic heterocycles. The highest BCUT2D eigenvalue weighted by molar-refractivity contribution is 9.10. The van der Waals surface area contributed by atoms with Crippen LogP contribution in [0.3, 0.4) is 0 Å². The van der Waals surface area contributed by atoms with E-state index in [4.69, 9.17) is 4.74 Å². The van der Waals surface area contributed by atoms with Crippen molar-refractivity contribution < 1.29 is 14.3 Å². The van der Waals surface area contributed by atoms with Gasteiger partial charge in [-0.1, -0.05) is 11.8 Å². The number of carbonyl (C=O) groups excluding carboxylic acids is 2. The molecule has 2 heterocycles. The molecule has 0 radical (unpaired) electrons. The van der Waals surface area contributed by atoms with Gasteiger partial charge in [-0.05, 0) is 49.4 Å². The van der Waals surface area contributed by atoms with Crippen molar-refractivity contribution in [2.75, 3.05) is 12.9 Å². The van der Waals surface area contributed by atoms with Crippen molar-refractivity contribution in [3.8, 4) is 0 Å². The number of ether oxygens (including phenoxy) is 1. The van der Waals surface area contributed by atoms with Crippen LogP contribution in [-0.4, -0.2) is 39.2 Å². The van der Waals surface area contributed by atoms with Crippen molar-refractivity contribution in [2.45, 2.75) is 45.3 Å². The number of aryl methyl sites for hydroxylation is 3. The third-order valence-electron chi connectivity index (χ3n) is 3.67.